The molecule has 7 N–H and O–H groups in total. The molecule has 1 fully saturated rings. The summed E-state index contributed by atoms with van der Waals surface area (Å²) in [7, 11) is 0. The summed E-state index contributed by atoms with van der Waals surface area (Å²) in [6, 6.07) is 1.97. The SMILES string of the molecule is C[C@@]1(O)[C@@H](n2cc(C#N)c3c(N)nc(N)nc32)O[C@@H](CO)[C@@H]1O. The van der Waals surface area contributed by atoms with Crippen molar-refractivity contribution in [3.63, 3.8) is 0 Å². The predicted molar refractivity (Wildman–Crippen MR) is 78.7 cm³/mol. The number of hydrogen-bond acceptors (Lipinski definition) is 9. The summed E-state index contributed by atoms with van der Waals surface area (Å²) in [6.45, 7) is 0.890. The van der Waals surface area contributed by atoms with E-state index >= 15 is 0 Å². The molecule has 4 atom stereocenters. The van der Waals surface area contributed by atoms with Crippen LogP contribution < -0.4 is 11.5 Å². The number of ether oxygens (including phenoxy) is 1. The molecule has 2 aromatic heterocycles. The summed E-state index contributed by atoms with van der Waals surface area (Å²) in [5.74, 6) is -0.0737. The third kappa shape index (κ3) is 2.10. The molecule has 1 aliphatic heterocycles. The molecule has 3 heterocycles. The Labute approximate surface area is 130 Å². The second-order valence-electron chi connectivity index (χ2n) is 5.61. The Balaban J connectivity index is 2.23. The quantitative estimate of drug-likeness (QED) is 0.439. The van der Waals surface area contributed by atoms with Crippen molar-refractivity contribution in [2.45, 2.75) is 31.0 Å². The van der Waals surface area contributed by atoms with E-state index in [2.05, 4.69) is 9.97 Å². The van der Waals surface area contributed by atoms with E-state index in [0.717, 1.165) is 0 Å². The van der Waals surface area contributed by atoms with Gasteiger partial charge in [-0.2, -0.15) is 15.2 Å². The highest BCUT2D eigenvalue weighted by atomic mass is 16.6. The summed E-state index contributed by atoms with van der Waals surface area (Å²) >= 11 is 0. The maximum atomic E-state index is 10.6. The van der Waals surface area contributed by atoms with E-state index in [0.29, 0.717) is 0 Å². The standard InChI is InChI=1S/C13H16N6O4/c1-13(22)8(21)6(4-20)23-11(13)19-3-5(2-14)7-9(15)17-12(16)18-10(7)19/h3,6,8,11,20-22H,4H2,1H3,(H4,15,16,17,18)/t6-,8-,11-,13-/m0/s1. The van der Waals surface area contributed by atoms with Crippen LogP contribution in [0.3, 0.4) is 0 Å². The predicted octanol–water partition coefficient (Wildman–Crippen LogP) is -1.53. The number of aromatic nitrogens is 3. The van der Waals surface area contributed by atoms with Crippen molar-refractivity contribution in [1.82, 2.24) is 14.5 Å². The van der Waals surface area contributed by atoms with Crippen LogP contribution >= 0.6 is 0 Å². The van der Waals surface area contributed by atoms with Gasteiger partial charge in [-0.05, 0) is 6.92 Å². The van der Waals surface area contributed by atoms with E-state index in [9.17, 15) is 20.6 Å². The normalized spacial score (nSPS) is 30.7. The van der Waals surface area contributed by atoms with Gasteiger partial charge in [0.25, 0.3) is 0 Å². The zero-order valence-electron chi connectivity index (χ0n) is 12.2. The van der Waals surface area contributed by atoms with Crippen molar-refractivity contribution in [2.75, 3.05) is 18.1 Å². The molecular weight excluding hydrogens is 304 g/mol. The molecule has 0 unspecified atom stereocenters. The Hall–Kier alpha value is -2.45. The van der Waals surface area contributed by atoms with Crippen LogP contribution in [0.1, 0.15) is 18.7 Å². The fourth-order valence-corrected chi connectivity index (χ4v) is 2.85. The van der Waals surface area contributed by atoms with Crippen molar-refractivity contribution in [3.05, 3.63) is 11.8 Å². The Morgan fingerprint density at radius 3 is 2.74 bits per heavy atom. The minimum atomic E-state index is -1.72. The van der Waals surface area contributed by atoms with Crippen LogP contribution in [-0.4, -0.2) is 54.3 Å². The van der Waals surface area contributed by atoms with Gasteiger partial charge in [-0.3, -0.25) is 0 Å². The van der Waals surface area contributed by atoms with Gasteiger partial charge in [0, 0.05) is 6.20 Å². The molecule has 0 aromatic carbocycles. The van der Waals surface area contributed by atoms with E-state index in [1.165, 1.54) is 17.7 Å². The van der Waals surface area contributed by atoms with Crippen molar-refractivity contribution < 1.29 is 20.1 Å². The highest BCUT2D eigenvalue weighted by Crippen LogP contribution is 2.40. The monoisotopic (exact) mass is 320 g/mol. The first-order valence-corrected chi connectivity index (χ1v) is 6.81. The molecule has 0 aliphatic carbocycles. The van der Waals surface area contributed by atoms with Gasteiger partial charge in [0.05, 0.1) is 17.6 Å². The maximum Gasteiger partial charge on any atom is 0.223 e. The van der Waals surface area contributed by atoms with Gasteiger partial charge in [0.2, 0.25) is 5.95 Å². The fraction of sp³-hybridized carbons (Fsp3) is 0.462. The second-order valence-corrected chi connectivity index (χ2v) is 5.61. The summed E-state index contributed by atoms with van der Waals surface area (Å²) in [5.41, 5.74) is 10.1. The molecule has 0 amide bonds. The van der Waals surface area contributed by atoms with Crippen molar-refractivity contribution in [3.8, 4) is 6.07 Å². The number of aliphatic hydroxyl groups is 3. The van der Waals surface area contributed by atoms with Gasteiger partial charge < -0.3 is 36.1 Å². The molecule has 10 nitrogen and oxygen atoms in total. The van der Waals surface area contributed by atoms with Gasteiger partial charge in [-0.1, -0.05) is 0 Å². The second kappa shape index (κ2) is 5.04. The van der Waals surface area contributed by atoms with Crippen LogP contribution in [-0.2, 0) is 4.74 Å². The lowest BCUT2D eigenvalue weighted by atomic mass is 9.96. The first-order valence-electron chi connectivity index (χ1n) is 6.81. The zero-order chi connectivity index (χ0) is 16.9. The minimum Gasteiger partial charge on any atom is -0.394 e. The number of nitrogen functional groups attached to an aromatic ring is 2. The lowest BCUT2D eigenvalue weighted by molar-refractivity contribution is -0.0948. The van der Waals surface area contributed by atoms with Crippen molar-refractivity contribution in [2.24, 2.45) is 0 Å². The summed E-state index contributed by atoms with van der Waals surface area (Å²) in [4.78, 5) is 7.87. The Morgan fingerprint density at radius 1 is 1.48 bits per heavy atom. The molecule has 0 saturated carbocycles. The molecular formula is C13H16N6O4. The van der Waals surface area contributed by atoms with E-state index < -0.39 is 30.6 Å². The van der Waals surface area contributed by atoms with Gasteiger partial charge >= 0.3 is 0 Å². The zero-order valence-corrected chi connectivity index (χ0v) is 12.2. The number of nitriles is 1. The number of rotatable bonds is 2. The Kier molecular flexibility index (Phi) is 3.38. The van der Waals surface area contributed by atoms with Crippen LogP contribution in [0.4, 0.5) is 11.8 Å². The summed E-state index contributed by atoms with van der Waals surface area (Å²) < 4.78 is 6.89. The Morgan fingerprint density at radius 2 is 2.17 bits per heavy atom. The van der Waals surface area contributed by atoms with Crippen LogP contribution in [0.15, 0.2) is 6.20 Å². The third-order valence-corrected chi connectivity index (χ3v) is 4.02. The highest BCUT2D eigenvalue weighted by molar-refractivity contribution is 5.93. The molecule has 122 valence electrons. The average molecular weight is 320 g/mol. The van der Waals surface area contributed by atoms with E-state index in [1.54, 1.807) is 0 Å². The van der Waals surface area contributed by atoms with Gasteiger partial charge in [0.15, 0.2) is 11.9 Å². The van der Waals surface area contributed by atoms with E-state index in [4.69, 9.17) is 16.2 Å². The first kappa shape index (κ1) is 15.4. The molecule has 0 bridgehead atoms. The smallest absolute Gasteiger partial charge is 0.223 e. The maximum absolute atomic E-state index is 10.6. The molecule has 2 aromatic rings. The third-order valence-electron chi connectivity index (χ3n) is 4.02. The van der Waals surface area contributed by atoms with Crippen LogP contribution in [0.5, 0.6) is 0 Å². The lowest BCUT2D eigenvalue weighted by Crippen LogP contribution is -2.44. The topological polar surface area (TPSA) is 176 Å². The van der Waals surface area contributed by atoms with Crippen LogP contribution in [0.25, 0.3) is 11.0 Å². The lowest BCUT2D eigenvalue weighted by Gasteiger charge is -2.27. The molecule has 1 saturated heterocycles. The van der Waals surface area contributed by atoms with E-state index in [-0.39, 0.29) is 28.4 Å². The fourth-order valence-electron chi connectivity index (χ4n) is 2.85. The van der Waals surface area contributed by atoms with Gasteiger partial charge in [-0.15, -0.1) is 0 Å². The number of fused-ring (bicyclic) bond motifs is 1. The number of aliphatic hydroxyl groups excluding tert-OH is 2. The molecule has 1 aliphatic rings. The summed E-state index contributed by atoms with van der Waals surface area (Å²) in [5, 5.41) is 39.5. The van der Waals surface area contributed by atoms with Gasteiger partial charge in [0.1, 0.15) is 29.7 Å². The molecule has 3 rings (SSSR count). The van der Waals surface area contributed by atoms with Crippen LogP contribution in [0.2, 0.25) is 0 Å². The first-order chi connectivity index (χ1) is 10.8. The summed E-state index contributed by atoms with van der Waals surface area (Å²) in [6.07, 6.45) is -2.00. The number of nitrogens with two attached hydrogens (primary N) is 2. The number of nitrogens with zero attached hydrogens (tertiary/aromatic N) is 4. The average Bonchev–Trinajstić information content (AvgIpc) is 2.95. The number of anilines is 2. The van der Waals surface area contributed by atoms with E-state index in [1.807, 2.05) is 6.07 Å². The molecule has 0 spiro atoms. The van der Waals surface area contributed by atoms with Crippen molar-refractivity contribution in [1.29, 1.82) is 5.26 Å². The number of hydrogen-bond donors (Lipinski definition) is 5. The molecule has 10 heteroatoms. The minimum absolute atomic E-state index is 0.0275. The molecule has 0 radical (unpaired) electrons. The largest absolute Gasteiger partial charge is 0.394 e. The van der Waals surface area contributed by atoms with Crippen LogP contribution in [0, 0.1) is 11.3 Å². The Bertz CT molecular complexity index is 811. The molecule has 23 heavy (non-hydrogen) atoms. The van der Waals surface area contributed by atoms with Gasteiger partial charge in [-0.25, -0.2) is 0 Å². The highest BCUT2D eigenvalue weighted by Gasteiger charge is 2.53. The van der Waals surface area contributed by atoms with Crippen molar-refractivity contribution >= 4 is 22.8 Å².